The molecule has 0 radical (unpaired) electrons. The van der Waals surface area contributed by atoms with E-state index >= 15 is 0 Å². The van der Waals surface area contributed by atoms with E-state index in [1.807, 2.05) is 20.8 Å². The quantitative estimate of drug-likeness (QED) is 0.756. The molecule has 0 fully saturated rings. The van der Waals surface area contributed by atoms with Crippen molar-refractivity contribution in [3.63, 3.8) is 0 Å². The van der Waals surface area contributed by atoms with Crippen LogP contribution in [0.4, 0.5) is 0 Å². The van der Waals surface area contributed by atoms with Crippen molar-refractivity contribution < 1.29 is 9.53 Å². The zero-order chi connectivity index (χ0) is 12.0. The molecule has 0 aliphatic rings. The molecule has 0 saturated carbocycles. The fourth-order valence-electron chi connectivity index (χ4n) is 1.36. The molecule has 5 nitrogen and oxygen atoms in total. The predicted molar refractivity (Wildman–Crippen MR) is 60.5 cm³/mol. The van der Waals surface area contributed by atoms with Crippen LogP contribution in [0.2, 0.25) is 0 Å². The highest BCUT2D eigenvalue weighted by molar-refractivity contribution is 5.92. The lowest BCUT2D eigenvalue weighted by atomic mass is 10.3. The van der Waals surface area contributed by atoms with Crippen LogP contribution < -0.4 is 4.74 Å². The lowest BCUT2D eigenvalue weighted by Gasteiger charge is -2.17. The van der Waals surface area contributed by atoms with Crippen molar-refractivity contribution >= 4 is 5.91 Å². The molecule has 1 aromatic rings. The summed E-state index contributed by atoms with van der Waals surface area (Å²) in [4.78, 5) is 21.5. The number of amides is 1. The van der Waals surface area contributed by atoms with E-state index in [1.54, 1.807) is 11.0 Å². The molecule has 0 aliphatic heterocycles. The summed E-state index contributed by atoms with van der Waals surface area (Å²) >= 11 is 0. The Balaban J connectivity index is 2.86. The summed E-state index contributed by atoms with van der Waals surface area (Å²) in [6, 6.07) is 1.57. The molecule has 1 amide bonds. The maximum absolute atomic E-state index is 11.9. The van der Waals surface area contributed by atoms with Crippen molar-refractivity contribution in [1.29, 1.82) is 0 Å². The maximum atomic E-state index is 11.9. The number of hydrogen-bond acceptors (Lipinski definition) is 4. The van der Waals surface area contributed by atoms with Gasteiger partial charge in [0, 0.05) is 19.2 Å². The predicted octanol–water partition coefficient (Wildman–Crippen LogP) is 1.36. The van der Waals surface area contributed by atoms with Crippen molar-refractivity contribution in [3.8, 4) is 5.88 Å². The molecule has 0 spiro atoms. The molecule has 0 aromatic carbocycles. The Labute approximate surface area is 95.5 Å². The summed E-state index contributed by atoms with van der Waals surface area (Å²) < 4.78 is 5.22. The van der Waals surface area contributed by atoms with Gasteiger partial charge in [-0.1, -0.05) is 0 Å². The van der Waals surface area contributed by atoms with Crippen molar-refractivity contribution in [2.75, 3.05) is 19.7 Å². The van der Waals surface area contributed by atoms with Crippen LogP contribution in [0, 0.1) is 0 Å². The van der Waals surface area contributed by atoms with Gasteiger partial charge in [0.25, 0.3) is 5.91 Å². The summed E-state index contributed by atoms with van der Waals surface area (Å²) in [6.45, 7) is 7.61. The molecular weight excluding hydrogens is 206 g/mol. The largest absolute Gasteiger partial charge is 0.478 e. The monoisotopic (exact) mass is 223 g/mol. The third kappa shape index (κ3) is 2.92. The highest BCUT2D eigenvalue weighted by Gasteiger charge is 2.14. The molecule has 5 heteroatoms. The number of hydrogen-bond donors (Lipinski definition) is 0. The van der Waals surface area contributed by atoms with Gasteiger partial charge < -0.3 is 9.64 Å². The van der Waals surface area contributed by atoms with Gasteiger partial charge in [-0.3, -0.25) is 4.79 Å². The second-order valence-electron chi connectivity index (χ2n) is 3.15. The van der Waals surface area contributed by atoms with Gasteiger partial charge in [-0.15, -0.1) is 0 Å². The number of ether oxygens (including phenoxy) is 1. The van der Waals surface area contributed by atoms with Crippen LogP contribution in [0.15, 0.2) is 12.4 Å². The smallest absolute Gasteiger partial charge is 0.272 e. The molecular formula is C11H17N3O2. The van der Waals surface area contributed by atoms with Crippen LogP contribution in [-0.4, -0.2) is 40.5 Å². The Morgan fingerprint density at radius 2 is 2.00 bits per heavy atom. The minimum Gasteiger partial charge on any atom is -0.478 e. The third-order valence-electron chi connectivity index (χ3n) is 2.20. The van der Waals surface area contributed by atoms with Gasteiger partial charge >= 0.3 is 0 Å². The van der Waals surface area contributed by atoms with Crippen LogP contribution in [0.5, 0.6) is 5.88 Å². The lowest BCUT2D eigenvalue weighted by Crippen LogP contribution is -2.31. The molecule has 16 heavy (non-hydrogen) atoms. The van der Waals surface area contributed by atoms with E-state index in [0.29, 0.717) is 31.3 Å². The SMILES string of the molecule is CCOc1cc(C(=O)N(CC)CC)ncn1. The number of aromatic nitrogens is 2. The Morgan fingerprint density at radius 3 is 2.56 bits per heavy atom. The average molecular weight is 223 g/mol. The molecule has 1 heterocycles. The molecule has 0 bridgehead atoms. The van der Waals surface area contributed by atoms with E-state index in [9.17, 15) is 4.79 Å². The van der Waals surface area contributed by atoms with E-state index in [-0.39, 0.29) is 5.91 Å². The van der Waals surface area contributed by atoms with Crippen molar-refractivity contribution in [3.05, 3.63) is 18.1 Å². The summed E-state index contributed by atoms with van der Waals surface area (Å²) in [5.74, 6) is 0.348. The molecule has 1 rings (SSSR count). The van der Waals surface area contributed by atoms with E-state index in [4.69, 9.17) is 4.74 Å². The van der Waals surface area contributed by atoms with Crippen LogP contribution >= 0.6 is 0 Å². The number of rotatable bonds is 5. The van der Waals surface area contributed by atoms with Gasteiger partial charge in [0.15, 0.2) is 0 Å². The zero-order valence-corrected chi connectivity index (χ0v) is 9.93. The van der Waals surface area contributed by atoms with Gasteiger partial charge in [-0.25, -0.2) is 9.97 Å². The molecule has 0 saturated heterocycles. The summed E-state index contributed by atoms with van der Waals surface area (Å²) in [5.41, 5.74) is 0.377. The van der Waals surface area contributed by atoms with Crippen LogP contribution in [-0.2, 0) is 0 Å². The first-order valence-corrected chi connectivity index (χ1v) is 5.47. The first kappa shape index (κ1) is 12.4. The number of carbonyl (C=O) groups is 1. The Hall–Kier alpha value is -1.65. The minimum absolute atomic E-state index is 0.0895. The Bertz CT molecular complexity index is 351. The van der Waals surface area contributed by atoms with E-state index in [2.05, 4.69) is 9.97 Å². The van der Waals surface area contributed by atoms with E-state index < -0.39 is 0 Å². The first-order chi connectivity index (χ1) is 7.72. The summed E-state index contributed by atoms with van der Waals surface area (Å²) in [6.07, 6.45) is 1.35. The molecule has 88 valence electrons. The van der Waals surface area contributed by atoms with Crippen LogP contribution in [0.3, 0.4) is 0 Å². The fourth-order valence-corrected chi connectivity index (χ4v) is 1.36. The van der Waals surface area contributed by atoms with Crippen LogP contribution in [0.1, 0.15) is 31.3 Å². The minimum atomic E-state index is -0.0895. The Kier molecular flexibility index (Phi) is 4.69. The van der Waals surface area contributed by atoms with Gasteiger partial charge in [0.1, 0.15) is 12.0 Å². The summed E-state index contributed by atoms with van der Waals surface area (Å²) in [5, 5.41) is 0. The standard InChI is InChI=1S/C11H17N3O2/c1-4-14(5-2)11(15)9-7-10(16-6-3)13-8-12-9/h7-8H,4-6H2,1-3H3. The highest BCUT2D eigenvalue weighted by atomic mass is 16.5. The normalized spacial score (nSPS) is 9.94. The van der Waals surface area contributed by atoms with Gasteiger partial charge in [0.2, 0.25) is 5.88 Å². The molecule has 0 aliphatic carbocycles. The number of carbonyl (C=O) groups excluding carboxylic acids is 1. The molecule has 0 unspecified atom stereocenters. The van der Waals surface area contributed by atoms with E-state index in [0.717, 1.165) is 0 Å². The zero-order valence-electron chi connectivity index (χ0n) is 9.93. The van der Waals surface area contributed by atoms with E-state index in [1.165, 1.54) is 6.33 Å². The lowest BCUT2D eigenvalue weighted by molar-refractivity contribution is 0.0766. The van der Waals surface area contributed by atoms with Crippen molar-refractivity contribution in [2.24, 2.45) is 0 Å². The fraction of sp³-hybridized carbons (Fsp3) is 0.545. The topological polar surface area (TPSA) is 55.3 Å². The second-order valence-corrected chi connectivity index (χ2v) is 3.15. The first-order valence-electron chi connectivity index (χ1n) is 5.47. The Morgan fingerprint density at radius 1 is 1.31 bits per heavy atom. The van der Waals surface area contributed by atoms with Crippen LogP contribution in [0.25, 0.3) is 0 Å². The second kappa shape index (κ2) is 6.05. The van der Waals surface area contributed by atoms with Gasteiger partial charge in [0.05, 0.1) is 6.61 Å². The summed E-state index contributed by atoms with van der Waals surface area (Å²) in [7, 11) is 0. The van der Waals surface area contributed by atoms with Crippen molar-refractivity contribution in [2.45, 2.75) is 20.8 Å². The highest BCUT2D eigenvalue weighted by Crippen LogP contribution is 2.09. The third-order valence-corrected chi connectivity index (χ3v) is 2.20. The van der Waals surface area contributed by atoms with Crippen molar-refractivity contribution in [1.82, 2.24) is 14.9 Å². The average Bonchev–Trinajstić information content (AvgIpc) is 2.31. The van der Waals surface area contributed by atoms with Gasteiger partial charge in [-0.2, -0.15) is 0 Å². The number of nitrogens with zero attached hydrogens (tertiary/aromatic N) is 3. The molecule has 1 aromatic heterocycles. The van der Waals surface area contributed by atoms with Gasteiger partial charge in [-0.05, 0) is 20.8 Å². The maximum Gasteiger partial charge on any atom is 0.272 e. The molecule has 0 atom stereocenters. The molecule has 0 N–H and O–H groups in total.